The van der Waals surface area contributed by atoms with Crippen molar-refractivity contribution >= 4 is 23.6 Å². The number of nitrogens with zero attached hydrogens (tertiary/aromatic N) is 5. The van der Waals surface area contributed by atoms with Crippen molar-refractivity contribution in [3.05, 3.63) is 35.8 Å². The molecule has 2 aliphatic heterocycles. The highest BCUT2D eigenvalue weighted by Crippen LogP contribution is 2.28. The maximum Gasteiger partial charge on any atom is 0.410 e. The number of rotatable bonds is 10. The molecule has 0 bridgehead atoms. The molecule has 11 nitrogen and oxygen atoms in total. The summed E-state index contributed by atoms with van der Waals surface area (Å²) in [7, 11) is 1.69. The molecule has 0 unspecified atom stereocenters. The lowest BCUT2D eigenvalue weighted by Gasteiger charge is -2.44. The molecule has 0 saturated carbocycles. The predicted octanol–water partition coefficient (Wildman–Crippen LogP) is 3.89. The van der Waals surface area contributed by atoms with E-state index in [1.54, 1.807) is 12.0 Å². The van der Waals surface area contributed by atoms with Crippen molar-refractivity contribution in [1.29, 1.82) is 0 Å². The Morgan fingerprint density at radius 3 is 2.51 bits per heavy atom. The largest absolute Gasteiger partial charge is 0.444 e. The summed E-state index contributed by atoms with van der Waals surface area (Å²) in [6, 6.07) is 5.38. The van der Waals surface area contributed by atoms with Crippen molar-refractivity contribution in [2.75, 3.05) is 59.7 Å². The molecule has 4 rings (SSSR count). The van der Waals surface area contributed by atoms with Crippen molar-refractivity contribution in [1.82, 2.24) is 24.1 Å². The van der Waals surface area contributed by atoms with Gasteiger partial charge in [-0.1, -0.05) is 19.9 Å². The van der Waals surface area contributed by atoms with Crippen LogP contribution in [0.15, 0.2) is 24.4 Å². The van der Waals surface area contributed by atoms with Gasteiger partial charge in [-0.2, -0.15) is 0 Å². The summed E-state index contributed by atoms with van der Waals surface area (Å²) in [5.41, 5.74) is 1.33. The SMILES string of the molecule is COCCCCc1c(C(=O)N(CC(C)C)[C@H]2C[C@@H](C(=O)N3CCOCC3)CN(C(=O)OC(C)(C)C)C2)nc2ccccn12. The van der Waals surface area contributed by atoms with E-state index < -0.39 is 17.6 Å². The molecule has 2 atom stereocenters. The monoisotopic (exact) mass is 599 g/mol. The van der Waals surface area contributed by atoms with Gasteiger partial charge in [-0.15, -0.1) is 0 Å². The minimum Gasteiger partial charge on any atom is -0.444 e. The number of methoxy groups -OCH3 is 1. The molecule has 2 fully saturated rings. The molecule has 2 saturated heterocycles. The molecule has 2 aromatic rings. The van der Waals surface area contributed by atoms with Crippen molar-refractivity contribution in [2.45, 2.75) is 71.9 Å². The zero-order valence-electron chi connectivity index (χ0n) is 26.7. The molecule has 238 valence electrons. The fourth-order valence-corrected chi connectivity index (χ4v) is 5.92. The highest BCUT2D eigenvalue weighted by Gasteiger charge is 2.41. The van der Waals surface area contributed by atoms with E-state index in [1.807, 2.05) is 59.4 Å². The first kappa shape index (κ1) is 32.7. The second-order valence-corrected chi connectivity index (χ2v) is 13.0. The smallest absolute Gasteiger partial charge is 0.410 e. The van der Waals surface area contributed by atoms with Gasteiger partial charge in [0.2, 0.25) is 5.91 Å². The fraction of sp³-hybridized carbons (Fsp3) is 0.688. The number of aryl methyl sites for hydroxylation is 1. The maximum atomic E-state index is 14.5. The van der Waals surface area contributed by atoms with Crippen LogP contribution < -0.4 is 0 Å². The number of piperidine rings is 1. The quantitative estimate of drug-likeness (QED) is 0.382. The van der Waals surface area contributed by atoms with E-state index in [0.717, 1.165) is 24.2 Å². The number of hydrogen-bond acceptors (Lipinski definition) is 7. The zero-order chi connectivity index (χ0) is 31.1. The van der Waals surface area contributed by atoms with Gasteiger partial charge in [0.1, 0.15) is 11.2 Å². The molecule has 0 aromatic carbocycles. The summed E-state index contributed by atoms with van der Waals surface area (Å²) >= 11 is 0. The topological polar surface area (TPSA) is 106 Å². The summed E-state index contributed by atoms with van der Waals surface area (Å²) in [5.74, 6) is -0.476. The van der Waals surface area contributed by atoms with E-state index in [-0.39, 0.29) is 36.9 Å². The molecule has 43 heavy (non-hydrogen) atoms. The molecule has 4 heterocycles. The molecule has 2 aliphatic rings. The molecule has 3 amide bonds. The molecule has 0 N–H and O–H groups in total. The average Bonchev–Trinajstić information content (AvgIpc) is 3.35. The third kappa shape index (κ3) is 8.47. The predicted molar refractivity (Wildman–Crippen MR) is 163 cm³/mol. The van der Waals surface area contributed by atoms with Crippen molar-refractivity contribution in [2.24, 2.45) is 11.8 Å². The Bertz CT molecular complexity index is 1250. The van der Waals surface area contributed by atoms with Crippen molar-refractivity contribution < 1.29 is 28.6 Å². The maximum absolute atomic E-state index is 14.5. The number of carbonyl (C=O) groups is 3. The fourth-order valence-electron chi connectivity index (χ4n) is 5.92. The lowest BCUT2D eigenvalue weighted by molar-refractivity contribution is -0.142. The molecule has 11 heteroatoms. The number of unbranched alkanes of at least 4 members (excludes halogenated alkanes) is 1. The Morgan fingerprint density at radius 1 is 1.09 bits per heavy atom. The van der Waals surface area contributed by atoms with Crippen LogP contribution in [0.5, 0.6) is 0 Å². The molecule has 2 aromatic heterocycles. The highest BCUT2D eigenvalue weighted by molar-refractivity contribution is 5.95. The standard InChI is InChI=1S/C32H49N5O6/c1-23(2)20-37(30(39)28-26(11-8-10-16-41-6)36-13-9-7-12-27(36)33-28)25-19-24(29(38)34-14-17-42-18-15-34)21-35(22-25)31(40)43-32(3,4)5/h7,9,12-13,23-25H,8,10-11,14-22H2,1-6H3/t24-,25+/m1/s1. The van der Waals surface area contributed by atoms with Gasteiger partial charge in [-0.05, 0) is 64.5 Å². The lowest BCUT2D eigenvalue weighted by atomic mass is 9.91. The van der Waals surface area contributed by atoms with E-state index in [9.17, 15) is 14.4 Å². The van der Waals surface area contributed by atoms with Crippen LogP contribution in [0.4, 0.5) is 4.79 Å². The van der Waals surface area contributed by atoms with Crippen LogP contribution >= 0.6 is 0 Å². The second-order valence-electron chi connectivity index (χ2n) is 13.0. The molecular weight excluding hydrogens is 550 g/mol. The Kier molecular flexibility index (Phi) is 11.1. The van der Waals surface area contributed by atoms with Gasteiger partial charge in [-0.3, -0.25) is 9.59 Å². The number of ether oxygens (including phenoxy) is 3. The Balaban J connectivity index is 1.68. The first-order valence-corrected chi connectivity index (χ1v) is 15.6. The zero-order valence-corrected chi connectivity index (χ0v) is 26.7. The Hall–Kier alpha value is -3.18. The number of pyridine rings is 1. The number of amides is 3. The van der Waals surface area contributed by atoms with E-state index in [0.29, 0.717) is 58.0 Å². The van der Waals surface area contributed by atoms with Gasteiger partial charge < -0.3 is 33.3 Å². The van der Waals surface area contributed by atoms with Gasteiger partial charge in [0.25, 0.3) is 5.91 Å². The second kappa shape index (κ2) is 14.5. The normalized spacial score (nSPS) is 19.6. The molecular formula is C32H49N5O6. The summed E-state index contributed by atoms with van der Waals surface area (Å²) in [6.07, 6.45) is 4.34. The van der Waals surface area contributed by atoms with Crippen LogP contribution in [-0.4, -0.2) is 113 Å². The van der Waals surface area contributed by atoms with Crippen LogP contribution in [0, 0.1) is 11.8 Å². The first-order chi connectivity index (χ1) is 20.5. The van der Waals surface area contributed by atoms with E-state index in [2.05, 4.69) is 13.8 Å². The lowest BCUT2D eigenvalue weighted by Crippen LogP contribution is -2.58. The number of likely N-dealkylation sites (tertiary alicyclic amines) is 1. The van der Waals surface area contributed by atoms with Crippen LogP contribution in [-0.2, 0) is 25.4 Å². The average molecular weight is 600 g/mol. The van der Waals surface area contributed by atoms with Gasteiger partial charge in [0.05, 0.1) is 30.9 Å². The Morgan fingerprint density at radius 2 is 1.84 bits per heavy atom. The van der Waals surface area contributed by atoms with Crippen molar-refractivity contribution in [3.8, 4) is 0 Å². The van der Waals surface area contributed by atoms with Gasteiger partial charge in [0.15, 0.2) is 5.69 Å². The summed E-state index contributed by atoms with van der Waals surface area (Å²) < 4.78 is 18.4. The minimum absolute atomic E-state index is 0.00920. The third-order valence-electron chi connectivity index (χ3n) is 7.86. The number of hydrogen-bond donors (Lipinski definition) is 0. The Labute approximate surface area is 255 Å². The number of fused-ring (bicyclic) bond motifs is 1. The highest BCUT2D eigenvalue weighted by atomic mass is 16.6. The molecule has 0 radical (unpaired) electrons. The van der Waals surface area contributed by atoms with Gasteiger partial charge in [0, 0.05) is 52.6 Å². The van der Waals surface area contributed by atoms with Gasteiger partial charge in [-0.25, -0.2) is 9.78 Å². The number of imidazole rings is 1. The number of aromatic nitrogens is 2. The van der Waals surface area contributed by atoms with E-state index in [4.69, 9.17) is 19.2 Å². The third-order valence-corrected chi connectivity index (χ3v) is 7.86. The molecule has 0 spiro atoms. The van der Waals surface area contributed by atoms with Crippen molar-refractivity contribution in [3.63, 3.8) is 0 Å². The van der Waals surface area contributed by atoms with E-state index >= 15 is 0 Å². The summed E-state index contributed by atoms with van der Waals surface area (Å²) in [5, 5.41) is 0. The van der Waals surface area contributed by atoms with Crippen LogP contribution in [0.3, 0.4) is 0 Å². The summed E-state index contributed by atoms with van der Waals surface area (Å²) in [6.45, 7) is 13.3. The van der Waals surface area contributed by atoms with E-state index in [1.165, 1.54) is 0 Å². The minimum atomic E-state index is -0.685. The van der Waals surface area contributed by atoms with Gasteiger partial charge >= 0.3 is 6.09 Å². The first-order valence-electron chi connectivity index (χ1n) is 15.6. The number of morpholine rings is 1. The van der Waals surface area contributed by atoms with Crippen LogP contribution in [0.1, 0.15) is 70.1 Å². The van der Waals surface area contributed by atoms with Crippen LogP contribution in [0.2, 0.25) is 0 Å². The molecule has 0 aliphatic carbocycles. The van der Waals surface area contributed by atoms with Crippen LogP contribution in [0.25, 0.3) is 5.65 Å². The summed E-state index contributed by atoms with van der Waals surface area (Å²) in [4.78, 5) is 51.7. The number of carbonyl (C=O) groups excluding carboxylic acids is 3.